The first-order valence-corrected chi connectivity index (χ1v) is 4.17. The first kappa shape index (κ1) is 12.3. The van der Waals surface area contributed by atoms with Gasteiger partial charge in [-0.1, -0.05) is 11.6 Å². The molecule has 0 unspecified atom stereocenters. The van der Waals surface area contributed by atoms with Crippen LogP contribution in [0.5, 0.6) is 0 Å². The molecule has 0 amide bonds. The van der Waals surface area contributed by atoms with Gasteiger partial charge in [0, 0.05) is 0 Å². The van der Waals surface area contributed by atoms with Crippen molar-refractivity contribution in [3.8, 4) is 6.07 Å². The highest BCUT2D eigenvalue weighted by molar-refractivity contribution is 6.31. The summed E-state index contributed by atoms with van der Waals surface area (Å²) in [5, 5.41) is 7.30. The fourth-order valence-electron chi connectivity index (χ4n) is 1.01. The minimum Gasteiger partial charge on any atom is -0.465 e. The molecule has 1 aromatic carbocycles. The van der Waals surface area contributed by atoms with E-state index in [2.05, 4.69) is 4.74 Å². The lowest BCUT2D eigenvalue weighted by atomic mass is 10.1. The molecule has 0 saturated heterocycles. The van der Waals surface area contributed by atoms with Gasteiger partial charge in [0.2, 0.25) is 0 Å². The highest BCUT2D eigenvalue weighted by Crippen LogP contribution is 2.28. The van der Waals surface area contributed by atoms with Crippen LogP contribution in [-0.2, 0) is 4.74 Å². The van der Waals surface area contributed by atoms with E-state index in [1.54, 1.807) is 0 Å². The monoisotopic (exact) mass is 249 g/mol. The van der Waals surface area contributed by atoms with Crippen molar-refractivity contribution in [3.63, 3.8) is 0 Å². The highest BCUT2D eigenvalue weighted by atomic mass is 35.5. The van der Waals surface area contributed by atoms with Gasteiger partial charge in [0.25, 0.3) is 0 Å². The third-order valence-electron chi connectivity index (χ3n) is 1.76. The van der Waals surface area contributed by atoms with Gasteiger partial charge in [0.1, 0.15) is 22.2 Å². The van der Waals surface area contributed by atoms with Crippen molar-refractivity contribution in [1.29, 1.82) is 5.26 Å². The fourth-order valence-corrected chi connectivity index (χ4v) is 1.20. The van der Waals surface area contributed by atoms with Crippen LogP contribution in [0.2, 0.25) is 5.02 Å². The smallest absolute Gasteiger partial charge is 0.343 e. The molecule has 0 aliphatic rings. The van der Waals surface area contributed by atoms with Crippen LogP contribution in [0.1, 0.15) is 15.9 Å². The number of carbonyl (C=O) groups is 1. The van der Waals surface area contributed by atoms with Crippen molar-refractivity contribution in [2.24, 2.45) is 0 Å². The van der Waals surface area contributed by atoms with Crippen molar-refractivity contribution in [3.05, 3.63) is 33.6 Å². The first-order valence-electron chi connectivity index (χ1n) is 3.80. The normalized spacial score (nSPS) is 9.75. The van der Waals surface area contributed by atoms with Gasteiger partial charge in [-0.3, -0.25) is 0 Å². The molecule has 1 aromatic rings. The third kappa shape index (κ3) is 1.70. The van der Waals surface area contributed by atoms with Gasteiger partial charge >= 0.3 is 5.97 Å². The molecular formula is C9H3ClF3NO2. The van der Waals surface area contributed by atoms with Gasteiger partial charge < -0.3 is 4.74 Å². The average Bonchev–Trinajstić information content (AvgIpc) is 2.27. The number of hydrogen-bond acceptors (Lipinski definition) is 3. The van der Waals surface area contributed by atoms with E-state index >= 15 is 0 Å². The molecule has 0 aromatic heterocycles. The molecule has 16 heavy (non-hydrogen) atoms. The maximum atomic E-state index is 13.4. The molecule has 0 heterocycles. The molecule has 0 fully saturated rings. The Labute approximate surface area is 93.0 Å². The van der Waals surface area contributed by atoms with Gasteiger partial charge in [-0.2, -0.15) is 5.26 Å². The zero-order valence-corrected chi connectivity index (χ0v) is 8.53. The summed E-state index contributed by atoms with van der Waals surface area (Å²) in [6.07, 6.45) is 0. The summed E-state index contributed by atoms with van der Waals surface area (Å²) in [6, 6.07) is 1.14. The molecule has 84 valence electrons. The summed E-state index contributed by atoms with van der Waals surface area (Å²) in [5.74, 6) is -6.16. The fraction of sp³-hybridized carbons (Fsp3) is 0.111. The predicted molar refractivity (Wildman–Crippen MR) is 47.4 cm³/mol. The molecule has 0 bridgehead atoms. The van der Waals surface area contributed by atoms with Crippen molar-refractivity contribution in [2.45, 2.75) is 0 Å². The predicted octanol–water partition coefficient (Wildman–Crippen LogP) is 2.42. The number of hydrogen-bond donors (Lipinski definition) is 0. The number of benzene rings is 1. The number of halogens is 4. The molecule has 1 rings (SSSR count). The van der Waals surface area contributed by atoms with Crippen LogP contribution in [0, 0.1) is 28.8 Å². The van der Waals surface area contributed by atoms with Crippen LogP contribution in [0.3, 0.4) is 0 Å². The van der Waals surface area contributed by atoms with E-state index in [-0.39, 0.29) is 0 Å². The second-order valence-corrected chi connectivity index (χ2v) is 2.99. The number of nitrogens with zero attached hydrogens (tertiary/aromatic N) is 1. The summed E-state index contributed by atoms with van der Waals surface area (Å²) in [7, 11) is 0.879. The van der Waals surface area contributed by atoms with Gasteiger partial charge in [0.15, 0.2) is 17.5 Å². The Morgan fingerprint density at radius 2 is 1.88 bits per heavy atom. The van der Waals surface area contributed by atoms with Crippen LogP contribution in [0.25, 0.3) is 0 Å². The SMILES string of the molecule is COC(=O)c1c(F)c(Cl)c(F)c(C#N)c1F. The molecule has 0 aliphatic carbocycles. The van der Waals surface area contributed by atoms with Crippen LogP contribution in [-0.4, -0.2) is 13.1 Å². The third-order valence-corrected chi connectivity index (χ3v) is 2.10. The molecular weight excluding hydrogens is 247 g/mol. The number of ether oxygens (including phenoxy) is 1. The number of nitriles is 1. The van der Waals surface area contributed by atoms with Crippen LogP contribution < -0.4 is 0 Å². The summed E-state index contributed by atoms with van der Waals surface area (Å²) >= 11 is 5.16. The quantitative estimate of drug-likeness (QED) is 0.436. The maximum Gasteiger partial charge on any atom is 0.343 e. The second kappa shape index (κ2) is 4.41. The van der Waals surface area contributed by atoms with Crippen molar-refractivity contribution in [1.82, 2.24) is 0 Å². The molecule has 0 N–H and O–H groups in total. The van der Waals surface area contributed by atoms with Crippen molar-refractivity contribution >= 4 is 17.6 Å². The molecule has 3 nitrogen and oxygen atoms in total. The molecule has 0 radical (unpaired) electrons. The Bertz CT molecular complexity index is 511. The van der Waals surface area contributed by atoms with Gasteiger partial charge in [-0.05, 0) is 0 Å². The largest absolute Gasteiger partial charge is 0.465 e. The molecule has 0 saturated carbocycles. The Hall–Kier alpha value is -1.74. The lowest BCUT2D eigenvalue weighted by Crippen LogP contribution is -2.11. The minimum atomic E-state index is -1.63. The Morgan fingerprint density at radius 3 is 2.31 bits per heavy atom. The summed E-state index contributed by atoms with van der Waals surface area (Å²) < 4.78 is 43.8. The number of carbonyl (C=O) groups excluding carboxylic acids is 1. The summed E-state index contributed by atoms with van der Waals surface area (Å²) in [4.78, 5) is 11.0. The number of rotatable bonds is 1. The lowest BCUT2D eigenvalue weighted by Gasteiger charge is -2.07. The summed E-state index contributed by atoms with van der Waals surface area (Å²) in [6.45, 7) is 0. The van der Waals surface area contributed by atoms with Gasteiger partial charge in [-0.15, -0.1) is 0 Å². The lowest BCUT2D eigenvalue weighted by molar-refractivity contribution is 0.0589. The van der Waals surface area contributed by atoms with E-state index < -0.39 is 39.6 Å². The van der Waals surface area contributed by atoms with E-state index in [4.69, 9.17) is 16.9 Å². The second-order valence-electron chi connectivity index (χ2n) is 2.61. The van der Waals surface area contributed by atoms with Crippen LogP contribution in [0.4, 0.5) is 13.2 Å². The molecule has 0 spiro atoms. The van der Waals surface area contributed by atoms with E-state index in [0.29, 0.717) is 0 Å². The summed E-state index contributed by atoms with van der Waals surface area (Å²) in [5.41, 5.74) is -2.32. The Balaban J connectivity index is 3.70. The zero-order valence-electron chi connectivity index (χ0n) is 7.78. The minimum absolute atomic E-state index is 0.879. The maximum absolute atomic E-state index is 13.4. The zero-order chi connectivity index (χ0) is 12.5. The van der Waals surface area contributed by atoms with Crippen molar-refractivity contribution in [2.75, 3.05) is 7.11 Å². The average molecular weight is 250 g/mol. The van der Waals surface area contributed by atoms with Crippen LogP contribution >= 0.6 is 11.6 Å². The number of methoxy groups -OCH3 is 1. The van der Waals surface area contributed by atoms with E-state index in [9.17, 15) is 18.0 Å². The molecule has 0 aliphatic heterocycles. The molecule has 7 heteroatoms. The topological polar surface area (TPSA) is 50.1 Å². The number of esters is 1. The van der Waals surface area contributed by atoms with Gasteiger partial charge in [0.05, 0.1) is 7.11 Å². The van der Waals surface area contributed by atoms with E-state index in [1.807, 2.05) is 0 Å². The highest BCUT2D eigenvalue weighted by Gasteiger charge is 2.28. The Kier molecular flexibility index (Phi) is 3.40. The van der Waals surface area contributed by atoms with Gasteiger partial charge in [-0.25, -0.2) is 18.0 Å². The van der Waals surface area contributed by atoms with Crippen LogP contribution in [0.15, 0.2) is 0 Å². The van der Waals surface area contributed by atoms with Crippen molar-refractivity contribution < 1.29 is 22.7 Å². The van der Waals surface area contributed by atoms with E-state index in [1.165, 1.54) is 0 Å². The van der Waals surface area contributed by atoms with E-state index in [0.717, 1.165) is 13.2 Å². The first-order chi connectivity index (χ1) is 7.45. The standard InChI is InChI=1S/C9H3ClF3NO2/c1-16-9(15)4-6(11)3(2-14)7(12)5(10)8(4)13/h1H3. The molecule has 0 atom stereocenters. The Morgan fingerprint density at radius 1 is 1.31 bits per heavy atom.